The predicted octanol–water partition coefficient (Wildman–Crippen LogP) is 2.74. The fourth-order valence-electron chi connectivity index (χ4n) is 0.945. The van der Waals surface area contributed by atoms with Gasteiger partial charge in [-0.25, -0.2) is 0 Å². The van der Waals surface area contributed by atoms with Crippen molar-refractivity contribution in [3.63, 3.8) is 0 Å². The Bertz CT molecular complexity index is 297. The molecular weight excluding hydrogens is 168 g/mol. The molecule has 0 saturated heterocycles. The van der Waals surface area contributed by atoms with Crippen LogP contribution in [0.2, 0.25) is 0 Å². The molecule has 0 aliphatic rings. The number of hydrogen-bond donors (Lipinski definition) is 0. The van der Waals surface area contributed by atoms with Crippen LogP contribution in [0.4, 0.5) is 0 Å². The predicted molar refractivity (Wildman–Crippen MR) is 52.6 cm³/mol. The van der Waals surface area contributed by atoms with Gasteiger partial charge < -0.3 is 0 Å². The number of aryl methyl sites for hydroxylation is 1. The lowest BCUT2D eigenvalue weighted by Gasteiger charge is -1.91. The molecule has 0 aromatic carbocycles. The van der Waals surface area contributed by atoms with Gasteiger partial charge in [-0.15, -0.1) is 11.3 Å². The van der Waals surface area contributed by atoms with Crippen LogP contribution in [0.3, 0.4) is 0 Å². The van der Waals surface area contributed by atoms with Crippen LogP contribution in [-0.2, 0) is 11.2 Å². The molecule has 1 heterocycles. The number of rotatable bonds is 3. The molecule has 0 atom stereocenters. The SMILES string of the molecule is CC(=O)C=CCc1sccc1C. The fourth-order valence-corrected chi connectivity index (χ4v) is 1.83. The summed E-state index contributed by atoms with van der Waals surface area (Å²) in [5.41, 5.74) is 1.31. The van der Waals surface area contributed by atoms with E-state index in [-0.39, 0.29) is 5.78 Å². The van der Waals surface area contributed by atoms with Crippen molar-refractivity contribution in [2.45, 2.75) is 20.3 Å². The van der Waals surface area contributed by atoms with Gasteiger partial charge in [-0.2, -0.15) is 0 Å². The molecule has 0 bridgehead atoms. The van der Waals surface area contributed by atoms with Gasteiger partial charge in [0.05, 0.1) is 0 Å². The zero-order valence-electron chi connectivity index (χ0n) is 7.33. The minimum Gasteiger partial charge on any atom is -0.295 e. The summed E-state index contributed by atoms with van der Waals surface area (Å²) in [7, 11) is 0. The molecular formula is C10H12OS. The second-order valence-corrected chi connectivity index (χ2v) is 3.74. The molecule has 0 saturated carbocycles. The lowest BCUT2D eigenvalue weighted by molar-refractivity contribution is -0.112. The number of thiophene rings is 1. The van der Waals surface area contributed by atoms with Crippen molar-refractivity contribution in [1.29, 1.82) is 0 Å². The quantitative estimate of drug-likeness (QED) is 0.654. The van der Waals surface area contributed by atoms with Crippen molar-refractivity contribution in [2.75, 3.05) is 0 Å². The molecule has 1 aromatic heterocycles. The van der Waals surface area contributed by atoms with E-state index in [1.807, 2.05) is 6.08 Å². The average molecular weight is 180 g/mol. The topological polar surface area (TPSA) is 17.1 Å². The maximum absolute atomic E-state index is 10.6. The molecule has 12 heavy (non-hydrogen) atoms. The summed E-state index contributed by atoms with van der Waals surface area (Å²) in [6, 6.07) is 2.10. The van der Waals surface area contributed by atoms with Crippen LogP contribution < -0.4 is 0 Å². The first-order chi connectivity index (χ1) is 5.70. The summed E-state index contributed by atoms with van der Waals surface area (Å²) >= 11 is 1.74. The van der Waals surface area contributed by atoms with Crippen molar-refractivity contribution >= 4 is 17.1 Å². The van der Waals surface area contributed by atoms with E-state index in [0.29, 0.717) is 0 Å². The summed E-state index contributed by atoms with van der Waals surface area (Å²) in [5, 5.41) is 2.08. The van der Waals surface area contributed by atoms with E-state index >= 15 is 0 Å². The number of carbonyl (C=O) groups excluding carboxylic acids is 1. The maximum atomic E-state index is 10.6. The highest BCUT2D eigenvalue weighted by Gasteiger charge is 1.95. The van der Waals surface area contributed by atoms with Gasteiger partial charge >= 0.3 is 0 Å². The van der Waals surface area contributed by atoms with E-state index in [1.165, 1.54) is 10.4 Å². The minimum atomic E-state index is 0.115. The third kappa shape index (κ3) is 2.62. The Hall–Kier alpha value is -0.890. The zero-order chi connectivity index (χ0) is 8.97. The van der Waals surface area contributed by atoms with Gasteiger partial charge in [-0.05, 0) is 36.9 Å². The lowest BCUT2D eigenvalue weighted by Crippen LogP contribution is -1.82. The molecule has 0 amide bonds. The highest BCUT2D eigenvalue weighted by atomic mass is 32.1. The van der Waals surface area contributed by atoms with Crippen molar-refractivity contribution in [1.82, 2.24) is 0 Å². The van der Waals surface area contributed by atoms with Gasteiger partial charge in [0.25, 0.3) is 0 Å². The average Bonchev–Trinajstić information content (AvgIpc) is 2.36. The van der Waals surface area contributed by atoms with Crippen LogP contribution in [0.1, 0.15) is 17.4 Å². The van der Waals surface area contributed by atoms with Gasteiger partial charge in [0.15, 0.2) is 5.78 Å². The molecule has 1 rings (SSSR count). The Labute approximate surface area is 76.7 Å². The van der Waals surface area contributed by atoms with Gasteiger partial charge in [0.2, 0.25) is 0 Å². The van der Waals surface area contributed by atoms with Crippen molar-refractivity contribution < 1.29 is 4.79 Å². The standard InChI is InChI=1S/C10H12OS/c1-8-6-7-12-10(8)5-3-4-9(2)11/h3-4,6-7H,5H2,1-2H3. The molecule has 64 valence electrons. The maximum Gasteiger partial charge on any atom is 0.152 e. The largest absolute Gasteiger partial charge is 0.295 e. The van der Waals surface area contributed by atoms with E-state index in [1.54, 1.807) is 24.3 Å². The molecule has 0 fully saturated rings. The Kier molecular flexibility index (Phi) is 3.23. The summed E-state index contributed by atoms with van der Waals surface area (Å²) in [4.78, 5) is 11.9. The summed E-state index contributed by atoms with van der Waals surface area (Å²) in [6.45, 7) is 3.66. The van der Waals surface area contributed by atoms with Crippen LogP contribution in [0.5, 0.6) is 0 Å². The van der Waals surface area contributed by atoms with Crippen LogP contribution in [0.25, 0.3) is 0 Å². The van der Waals surface area contributed by atoms with E-state index in [0.717, 1.165) is 6.42 Å². The van der Waals surface area contributed by atoms with Crippen molar-refractivity contribution in [3.8, 4) is 0 Å². The van der Waals surface area contributed by atoms with Crippen LogP contribution in [-0.4, -0.2) is 5.78 Å². The second kappa shape index (κ2) is 4.21. The Morgan fingerprint density at radius 3 is 2.92 bits per heavy atom. The minimum absolute atomic E-state index is 0.115. The molecule has 1 aromatic rings. The third-order valence-corrected chi connectivity index (χ3v) is 2.67. The monoisotopic (exact) mass is 180 g/mol. The first-order valence-electron chi connectivity index (χ1n) is 3.90. The van der Waals surface area contributed by atoms with E-state index in [9.17, 15) is 4.79 Å². The molecule has 0 radical (unpaired) electrons. The summed E-state index contributed by atoms with van der Waals surface area (Å²) < 4.78 is 0. The Morgan fingerprint density at radius 1 is 1.67 bits per heavy atom. The highest BCUT2D eigenvalue weighted by Crippen LogP contribution is 2.16. The van der Waals surface area contributed by atoms with Gasteiger partial charge in [-0.1, -0.05) is 6.08 Å². The molecule has 2 heteroatoms. The summed E-state index contributed by atoms with van der Waals surface area (Å²) in [6.07, 6.45) is 4.42. The molecule has 0 spiro atoms. The van der Waals surface area contributed by atoms with Gasteiger partial charge in [-0.3, -0.25) is 4.79 Å². The Balaban J connectivity index is 2.54. The lowest BCUT2D eigenvalue weighted by atomic mass is 10.2. The van der Waals surface area contributed by atoms with E-state index in [2.05, 4.69) is 18.4 Å². The normalized spacial score (nSPS) is 10.8. The smallest absolute Gasteiger partial charge is 0.152 e. The first kappa shape index (κ1) is 9.20. The Morgan fingerprint density at radius 2 is 2.42 bits per heavy atom. The third-order valence-electron chi connectivity index (χ3n) is 1.62. The van der Waals surface area contributed by atoms with E-state index in [4.69, 9.17) is 0 Å². The number of allylic oxidation sites excluding steroid dienone is 2. The zero-order valence-corrected chi connectivity index (χ0v) is 8.15. The number of hydrogen-bond acceptors (Lipinski definition) is 2. The highest BCUT2D eigenvalue weighted by molar-refractivity contribution is 7.10. The summed E-state index contributed by atoms with van der Waals surface area (Å²) in [5.74, 6) is 0.115. The second-order valence-electron chi connectivity index (χ2n) is 2.74. The van der Waals surface area contributed by atoms with E-state index < -0.39 is 0 Å². The molecule has 0 aliphatic carbocycles. The molecule has 0 unspecified atom stereocenters. The number of ketones is 1. The van der Waals surface area contributed by atoms with Crippen LogP contribution in [0.15, 0.2) is 23.6 Å². The first-order valence-corrected chi connectivity index (χ1v) is 4.78. The number of carbonyl (C=O) groups is 1. The van der Waals surface area contributed by atoms with Crippen molar-refractivity contribution in [3.05, 3.63) is 34.0 Å². The van der Waals surface area contributed by atoms with Gasteiger partial charge in [0, 0.05) is 11.3 Å². The molecule has 1 nitrogen and oxygen atoms in total. The molecule has 0 N–H and O–H groups in total. The van der Waals surface area contributed by atoms with Gasteiger partial charge in [0.1, 0.15) is 0 Å². The fraction of sp³-hybridized carbons (Fsp3) is 0.300. The van der Waals surface area contributed by atoms with Crippen molar-refractivity contribution in [2.24, 2.45) is 0 Å². The van der Waals surface area contributed by atoms with Crippen LogP contribution in [0, 0.1) is 6.92 Å². The molecule has 0 aliphatic heterocycles. The van der Waals surface area contributed by atoms with Crippen LogP contribution >= 0.6 is 11.3 Å².